The molecule has 4 heteroatoms. The van der Waals surface area contributed by atoms with Gasteiger partial charge < -0.3 is 10.3 Å². The number of anilines is 1. The van der Waals surface area contributed by atoms with Crippen molar-refractivity contribution in [2.45, 2.75) is 32.9 Å². The van der Waals surface area contributed by atoms with Crippen LogP contribution in [0.5, 0.6) is 0 Å². The molecule has 1 aliphatic rings. The maximum Gasteiger partial charge on any atom is 0.201 e. The molecule has 2 aromatic rings. The van der Waals surface area contributed by atoms with E-state index in [-0.39, 0.29) is 0 Å². The normalized spacial score (nSPS) is 24.4. The SMILES string of the molecule is CC1CN(C(C)C)CC1Nc1nc2ccccc2[nH]1. The van der Waals surface area contributed by atoms with E-state index in [1.807, 2.05) is 18.2 Å². The van der Waals surface area contributed by atoms with Gasteiger partial charge in [-0.05, 0) is 31.9 Å². The minimum Gasteiger partial charge on any atom is -0.351 e. The highest BCUT2D eigenvalue weighted by atomic mass is 15.2. The van der Waals surface area contributed by atoms with E-state index in [1.54, 1.807) is 0 Å². The molecule has 0 radical (unpaired) electrons. The summed E-state index contributed by atoms with van der Waals surface area (Å²) >= 11 is 0. The molecule has 2 atom stereocenters. The zero-order valence-electron chi connectivity index (χ0n) is 11.9. The summed E-state index contributed by atoms with van der Waals surface area (Å²) in [5, 5.41) is 3.56. The summed E-state index contributed by atoms with van der Waals surface area (Å²) in [6.07, 6.45) is 0. The fourth-order valence-electron chi connectivity index (χ4n) is 2.81. The lowest BCUT2D eigenvalue weighted by atomic mass is 10.1. The zero-order chi connectivity index (χ0) is 13.4. The minimum absolute atomic E-state index is 0.475. The van der Waals surface area contributed by atoms with Gasteiger partial charge in [0.2, 0.25) is 5.95 Å². The first-order valence-electron chi connectivity index (χ1n) is 7.09. The number of nitrogens with one attached hydrogen (secondary N) is 2. The lowest BCUT2D eigenvalue weighted by Crippen LogP contribution is -2.31. The first kappa shape index (κ1) is 12.5. The van der Waals surface area contributed by atoms with Crippen molar-refractivity contribution in [1.29, 1.82) is 0 Å². The van der Waals surface area contributed by atoms with Crippen LogP contribution >= 0.6 is 0 Å². The van der Waals surface area contributed by atoms with E-state index in [0.717, 1.165) is 30.1 Å². The number of benzene rings is 1. The van der Waals surface area contributed by atoms with Crippen molar-refractivity contribution in [3.8, 4) is 0 Å². The quantitative estimate of drug-likeness (QED) is 0.889. The highest BCUT2D eigenvalue weighted by Crippen LogP contribution is 2.22. The van der Waals surface area contributed by atoms with Crippen LogP contribution in [-0.4, -0.2) is 40.0 Å². The van der Waals surface area contributed by atoms with Crippen LogP contribution in [0.15, 0.2) is 24.3 Å². The molecule has 0 amide bonds. The second-order valence-corrected chi connectivity index (χ2v) is 5.88. The summed E-state index contributed by atoms with van der Waals surface area (Å²) < 4.78 is 0. The molecule has 1 aromatic carbocycles. The first-order valence-corrected chi connectivity index (χ1v) is 7.09. The summed E-state index contributed by atoms with van der Waals surface area (Å²) in [5.74, 6) is 1.54. The van der Waals surface area contributed by atoms with Gasteiger partial charge in [-0.2, -0.15) is 0 Å². The molecule has 0 bridgehead atoms. The van der Waals surface area contributed by atoms with Gasteiger partial charge >= 0.3 is 0 Å². The number of nitrogens with zero attached hydrogens (tertiary/aromatic N) is 2. The van der Waals surface area contributed by atoms with Crippen molar-refractivity contribution in [2.75, 3.05) is 18.4 Å². The van der Waals surface area contributed by atoms with Gasteiger partial charge in [-0.3, -0.25) is 4.90 Å². The fraction of sp³-hybridized carbons (Fsp3) is 0.533. The van der Waals surface area contributed by atoms with Crippen LogP contribution in [0.2, 0.25) is 0 Å². The highest BCUT2D eigenvalue weighted by molar-refractivity contribution is 5.77. The van der Waals surface area contributed by atoms with E-state index in [9.17, 15) is 0 Å². The smallest absolute Gasteiger partial charge is 0.201 e. The summed E-state index contributed by atoms with van der Waals surface area (Å²) in [6, 6.07) is 9.24. The van der Waals surface area contributed by atoms with Gasteiger partial charge in [0, 0.05) is 25.2 Å². The molecule has 0 spiro atoms. The third kappa shape index (κ3) is 2.45. The Hall–Kier alpha value is -1.55. The number of aromatic amines is 1. The average Bonchev–Trinajstić information content (AvgIpc) is 2.93. The van der Waals surface area contributed by atoms with E-state index < -0.39 is 0 Å². The second-order valence-electron chi connectivity index (χ2n) is 5.88. The van der Waals surface area contributed by atoms with Gasteiger partial charge in [0.15, 0.2) is 0 Å². The Bertz CT molecular complexity index is 527. The Labute approximate surface area is 114 Å². The van der Waals surface area contributed by atoms with Gasteiger partial charge in [0.1, 0.15) is 0 Å². The zero-order valence-corrected chi connectivity index (χ0v) is 11.9. The largest absolute Gasteiger partial charge is 0.351 e. The number of para-hydroxylation sites is 2. The number of hydrogen-bond donors (Lipinski definition) is 2. The molecule has 1 saturated heterocycles. The van der Waals surface area contributed by atoms with Gasteiger partial charge in [-0.15, -0.1) is 0 Å². The van der Waals surface area contributed by atoms with Crippen molar-refractivity contribution in [1.82, 2.24) is 14.9 Å². The van der Waals surface area contributed by atoms with Crippen LogP contribution in [0.4, 0.5) is 5.95 Å². The van der Waals surface area contributed by atoms with Crippen molar-refractivity contribution in [2.24, 2.45) is 5.92 Å². The first-order chi connectivity index (χ1) is 9.13. The number of rotatable bonds is 3. The second kappa shape index (κ2) is 4.85. The lowest BCUT2D eigenvalue weighted by Gasteiger charge is -2.20. The summed E-state index contributed by atoms with van der Waals surface area (Å²) in [4.78, 5) is 10.5. The number of likely N-dealkylation sites (tertiary alicyclic amines) is 1. The molecule has 0 aliphatic carbocycles. The maximum atomic E-state index is 4.60. The molecule has 1 aliphatic heterocycles. The molecule has 2 heterocycles. The van der Waals surface area contributed by atoms with Crippen molar-refractivity contribution in [3.05, 3.63) is 24.3 Å². The Morgan fingerprint density at radius 2 is 2.11 bits per heavy atom. The van der Waals surface area contributed by atoms with E-state index in [4.69, 9.17) is 0 Å². The summed E-state index contributed by atoms with van der Waals surface area (Å²) in [6.45, 7) is 9.08. The Morgan fingerprint density at radius 1 is 1.32 bits per heavy atom. The maximum absolute atomic E-state index is 4.60. The summed E-state index contributed by atoms with van der Waals surface area (Å²) in [7, 11) is 0. The van der Waals surface area contributed by atoms with Crippen LogP contribution in [-0.2, 0) is 0 Å². The van der Waals surface area contributed by atoms with Crippen LogP contribution in [0.1, 0.15) is 20.8 Å². The predicted octanol–water partition coefficient (Wildman–Crippen LogP) is 2.70. The molecule has 1 aromatic heterocycles. The molecule has 19 heavy (non-hydrogen) atoms. The molecule has 4 nitrogen and oxygen atoms in total. The molecule has 1 fully saturated rings. The molecule has 3 rings (SSSR count). The molecule has 0 saturated carbocycles. The number of imidazole rings is 1. The van der Waals surface area contributed by atoms with Gasteiger partial charge in [0.25, 0.3) is 0 Å². The van der Waals surface area contributed by atoms with E-state index in [0.29, 0.717) is 18.0 Å². The minimum atomic E-state index is 0.475. The number of H-pyrrole nitrogens is 1. The Kier molecular flexibility index (Phi) is 3.19. The van der Waals surface area contributed by atoms with Gasteiger partial charge in [-0.1, -0.05) is 19.1 Å². The van der Waals surface area contributed by atoms with E-state index in [2.05, 4.69) is 47.0 Å². The molecular formula is C15H22N4. The highest BCUT2D eigenvalue weighted by Gasteiger charge is 2.31. The van der Waals surface area contributed by atoms with Gasteiger partial charge in [-0.25, -0.2) is 4.98 Å². The van der Waals surface area contributed by atoms with E-state index in [1.165, 1.54) is 0 Å². The number of fused-ring (bicyclic) bond motifs is 1. The van der Waals surface area contributed by atoms with Crippen molar-refractivity contribution >= 4 is 17.0 Å². The van der Waals surface area contributed by atoms with E-state index >= 15 is 0 Å². The van der Waals surface area contributed by atoms with Crippen LogP contribution in [0.3, 0.4) is 0 Å². The van der Waals surface area contributed by atoms with Crippen molar-refractivity contribution in [3.63, 3.8) is 0 Å². The summed E-state index contributed by atoms with van der Waals surface area (Å²) in [5.41, 5.74) is 2.12. The third-order valence-corrected chi connectivity index (χ3v) is 4.08. The predicted molar refractivity (Wildman–Crippen MR) is 79.4 cm³/mol. The standard InChI is InChI=1S/C15H22N4/c1-10(2)19-8-11(3)14(9-19)18-15-16-12-6-4-5-7-13(12)17-15/h4-7,10-11,14H,8-9H2,1-3H3,(H2,16,17,18). The fourth-order valence-corrected chi connectivity index (χ4v) is 2.81. The molecule has 2 N–H and O–H groups in total. The average molecular weight is 258 g/mol. The Balaban J connectivity index is 1.74. The van der Waals surface area contributed by atoms with Gasteiger partial charge in [0.05, 0.1) is 11.0 Å². The van der Waals surface area contributed by atoms with Crippen LogP contribution < -0.4 is 5.32 Å². The number of hydrogen-bond acceptors (Lipinski definition) is 3. The molecule has 102 valence electrons. The molecular weight excluding hydrogens is 236 g/mol. The number of aromatic nitrogens is 2. The van der Waals surface area contributed by atoms with Crippen LogP contribution in [0, 0.1) is 5.92 Å². The third-order valence-electron chi connectivity index (χ3n) is 4.08. The Morgan fingerprint density at radius 3 is 2.79 bits per heavy atom. The molecule has 2 unspecified atom stereocenters. The lowest BCUT2D eigenvalue weighted by molar-refractivity contribution is 0.267. The monoisotopic (exact) mass is 258 g/mol. The van der Waals surface area contributed by atoms with Crippen molar-refractivity contribution < 1.29 is 0 Å². The topological polar surface area (TPSA) is 44.0 Å². The van der Waals surface area contributed by atoms with Crippen LogP contribution in [0.25, 0.3) is 11.0 Å².